The fraction of sp³-hybridized carbons (Fsp3) is 0.400. The summed E-state index contributed by atoms with van der Waals surface area (Å²) in [5.74, 6) is 0.877. The molecule has 66 valence electrons. The first-order valence-corrected chi connectivity index (χ1v) is 3.94. The van der Waals surface area contributed by atoms with Crippen molar-refractivity contribution in [1.29, 1.82) is 0 Å². The van der Waals surface area contributed by atoms with Crippen LogP contribution in [0.3, 0.4) is 0 Å². The van der Waals surface area contributed by atoms with Crippen molar-refractivity contribution in [3.63, 3.8) is 0 Å². The molecule has 1 atom stereocenters. The number of ether oxygens (including phenoxy) is 2. The van der Waals surface area contributed by atoms with Gasteiger partial charge >= 0.3 is 0 Å². The molecule has 0 aliphatic carbocycles. The molecule has 0 fully saturated rings. The second kappa shape index (κ2) is 4.12. The van der Waals surface area contributed by atoms with Crippen LogP contribution in [0.4, 0.5) is 0 Å². The lowest BCUT2D eigenvalue weighted by molar-refractivity contribution is 0.119. The van der Waals surface area contributed by atoms with Crippen LogP contribution in [0, 0.1) is 0 Å². The molecule has 12 heavy (non-hydrogen) atoms. The normalized spacial score (nSPS) is 12.6. The summed E-state index contributed by atoms with van der Waals surface area (Å²) in [6.07, 6.45) is 0.149. The maximum Gasteiger partial charge on any atom is 0.118 e. The highest BCUT2D eigenvalue weighted by Gasteiger charge is 2.02. The lowest BCUT2D eigenvalue weighted by Gasteiger charge is -2.09. The molecule has 0 radical (unpaired) electrons. The molecule has 0 aromatic heterocycles. The number of benzene rings is 1. The van der Waals surface area contributed by atoms with E-state index in [1.54, 1.807) is 14.2 Å². The third-order valence-electron chi connectivity index (χ3n) is 1.94. The zero-order valence-electron chi connectivity index (χ0n) is 7.70. The maximum absolute atomic E-state index is 5.17. The Morgan fingerprint density at radius 2 is 1.67 bits per heavy atom. The van der Waals surface area contributed by atoms with E-state index in [0.29, 0.717) is 0 Å². The molecule has 2 nitrogen and oxygen atoms in total. The fourth-order valence-corrected chi connectivity index (χ4v) is 1.01. The average molecular weight is 166 g/mol. The zero-order chi connectivity index (χ0) is 8.97. The Morgan fingerprint density at radius 3 is 2.08 bits per heavy atom. The summed E-state index contributed by atoms with van der Waals surface area (Å²) < 4.78 is 10.2. The average Bonchev–Trinajstić information content (AvgIpc) is 2.17. The predicted molar refractivity (Wildman–Crippen MR) is 48.4 cm³/mol. The quantitative estimate of drug-likeness (QED) is 0.686. The van der Waals surface area contributed by atoms with E-state index in [0.717, 1.165) is 5.75 Å². The van der Waals surface area contributed by atoms with Gasteiger partial charge < -0.3 is 9.47 Å². The van der Waals surface area contributed by atoms with Gasteiger partial charge in [0.05, 0.1) is 13.2 Å². The summed E-state index contributed by atoms with van der Waals surface area (Å²) in [4.78, 5) is 0. The van der Waals surface area contributed by atoms with E-state index in [9.17, 15) is 0 Å². The highest BCUT2D eigenvalue weighted by atomic mass is 16.5. The van der Waals surface area contributed by atoms with E-state index in [1.165, 1.54) is 5.56 Å². The van der Waals surface area contributed by atoms with Gasteiger partial charge in [-0.15, -0.1) is 0 Å². The Bertz CT molecular complexity index is 228. The Balaban J connectivity index is 2.77. The van der Waals surface area contributed by atoms with E-state index in [2.05, 4.69) is 0 Å². The molecule has 0 aliphatic rings. The van der Waals surface area contributed by atoms with Crippen molar-refractivity contribution in [2.45, 2.75) is 13.0 Å². The molecule has 0 aliphatic heterocycles. The van der Waals surface area contributed by atoms with Crippen molar-refractivity contribution in [2.75, 3.05) is 14.2 Å². The van der Waals surface area contributed by atoms with Crippen molar-refractivity contribution >= 4 is 0 Å². The molecular formula is C10H14O2. The minimum Gasteiger partial charge on any atom is -0.497 e. The fourth-order valence-electron chi connectivity index (χ4n) is 1.01. The highest BCUT2D eigenvalue weighted by molar-refractivity contribution is 5.28. The van der Waals surface area contributed by atoms with Gasteiger partial charge in [-0.1, -0.05) is 12.1 Å². The second-order valence-corrected chi connectivity index (χ2v) is 2.65. The van der Waals surface area contributed by atoms with Crippen molar-refractivity contribution in [3.8, 4) is 5.75 Å². The molecule has 0 bridgehead atoms. The Hall–Kier alpha value is -1.02. The van der Waals surface area contributed by atoms with Gasteiger partial charge in [0.15, 0.2) is 0 Å². The molecular weight excluding hydrogens is 152 g/mol. The molecule has 0 N–H and O–H groups in total. The van der Waals surface area contributed by atoms with Gasteiger partial charge in [0.2, 0.25) is 0 Å². The van der Waals surface area contributed by atoms with E-state index in [1.807, 2.05) is 31.2 Å². The van der Waals surface area contributed by atoms with E-state index >= 15 is 0 Å². The Labute approximate surface area is 73.1 Å². The minimum absolute atomic E-state index is 0.149. The molecule has 0 saturated carbocycles. The SMILES string of the molecule is COc1ccc(C(C)OC)cc1. The first-order valence-electron chi connectivity index (χ1n) is 3.94. The van der Waals surface area contributed by atoms with Crippen LogP contribution >= 0.6 is 0 Å². The number of hydrogen-bond acceptors (Lipinski definition) is 2. The van der Waals surface area contributed by atoms with Gasteiger partial charge in [0, 0.05) is 7.11 Å². The Kier molecular flexibility index (Phi) is 3.11. The van der Waals surface area contributed by atoms with Crippen LogP contribution in [0.15, 0.2) is 24.3 Å². The molecule has 2 heteroatoms. The number of methoxy groups -OCH3 is 2. The van der Waals surface area contributed by atoms with Gasteiger partial charge in [-0.25, -0.2) is 0 Å². The second-order valence-electron chi connectivity index (χ2n) is 2.65. The maximum atomic E-state index is 5.17. The minimum atomic E-state index is 0.149. The molecule has 0 amide bonds. The smallest absolute Gasteiger partial charge is 0.118 e. The summed E-state index contributed by atoms with van der Waals surface area (Å²) in [7, 11) is 3.36. The largest absolute Gasteiger partial charge is 0.497 e. The van der Waals surface area contributed by atoms with E-state index in [4.69, 9.17) is 9.47 Å². The lowest BCUT2D eigenvalue weighted by Crippen LogP contribution is -1.95. The summed E-state index contributed by atoms with van der Waals surface area (Å²) >= 11 is 0. The first kappa shape index (κ1) is 9.07. The van der Waals surface area contributed by atoms with Crippen LogP contribution in [0.2, 0.25) is 0 Å². The highest BCUT2D eigenvalue weighted by Crippen LogP contribution is 2.18. The third-order valence-corrected chi connectivity index (χ3v) is 1.94. The van der Waals surface area contributed by atoms with Crippen molar-refractivity contribution in [2.24, 2.45) is 0 Å². The first-order chi connectivity index (χ1) is 5.77. The molecule has 1 aromatic carbocycles. The van der Waals surface area contributed by atoms with Gasteiger partial charge in [-0.3, -0.25) is 0 Å². The van der Waals surface area contributed by atoms with Crippen molar-refractivity contribution in [1.82, 2.24) is 0 Å². The molecule has 1 unspecified atom stereocenters. The summed E-state index contributed by atoms with van der Waals surface area (Å²) in [6.45, 7) is 2.02. The monoisotopic (exact) mass is 166 g/mol. The number of hydrogen-bond donors (Lipinski definition) is 0. The van der Waals surface area contributed by atoms with E-state index < -0.39 is 0 Å². The lowest BCUT2D eigenvalue weighted by atomic mass is 10.1. The van der Waals surface area contributed by atoms with Gasteiger partial charge in [0.1, 0.15) is 5.75 Å². The van der Waals surface area contributed by atoms with Crippen LogP contribution in [0.25, 0.3) is 0 Å². The molecule has 1 aromatic rings. The van der Waals surface area contributed by atoms with Gasteiger partial charge in [-0.2, -0.15) is 0 Å². The van der Waals surface area contributed by atoms with E-state index in [-0.39, 0.29) is 6.10 Å². The van der Waals surface area contributed by atoms with Crippen LogP contribution in [0.1, 0.15) is 18.6 Å². The van der Waals surface area contributed by atoms with Crippen LogP contribution in [0.5, 0.6) is 5.75 Å². The van der Waals surface area contributed by atoms with Crippen molar-refractivity contribution < 1.29 is 9.47 Å². The predicted octanol–water partition coefficient (Wildman–Crippen LogP) is 2.40. The third kappa shape index (κ3) is 1.98. The topological polar surface area (TPSA) is 18.5 Å². The number of rotatable bonds is 3. The van der Waals surface area contributed by atoms with Crippen LogP contribution in [-0.4, -0.2) is 14.2 Å². The van der Waals surface area contributed by atoms with Gasteiger partial charge in [0.25, 0.3) is 0 Å². The summed E-state index contributed by atoms with van der Waals surface area (Å²) in [5.41, 5.74) is 1.17. The zero-order valence-corrected chi connectivity index (χ0v) is 7.70. The molecule has 0 saturated heterocycles. The molecule has 1 rings (SSSR count). The molecule has 0 spiro atoms. The summed E-state index contributed by atoms with van der Waals surface area (Å²) in [6, 6.07) is 7.88. The van der Waals surface area contributed by atoms with Crippen LogP contribution in [-0.2, 0) is 4.74 Å². The summed E-state index contributed by atoms with van der Waals surface area (Å²) in [5, 5.41) is 0. The standard InChI is InChI=1S/C10H14O2/c1-8(11-2)9-4-6-10(12-3)7-5-9/h4-8H,1-3H3. The molecule has 0 heterocycles. The van der Waals surface area contributed by atoms with Gasteiger partial charge in [-0.05, 0) is 24.6 Å². The van der Waals surface area contributed by atoms with Crippen LogP contribution < -0.4 is 4.74 Å². The van der Waals surface area contributed by atoms with Crippen molar-refractivity contribution in [3.05, 3.63) is 29.8 Å². The Morgan fingerprint density at radius 1 is 1.08 bits per heavy atom.